The molecular weight excluding hydrogens is 883 g/mol. The van der Waals surface area contributed by atoms with Gasteiger partial charge in [0.2, 0.25) is 5.91 Å². The van der Waals surface area contributed by atoms with Crippen molar-refractivity contribution in [3.05, 3.63) is 71.2 Å². The molecule has 4 N–H and O–H groups in total. The second kappa shape index (κ2) is 20.1. The van der Waals surface area contributed by atoms with Gasteiger partial charge in [-0.2, -0.15) is 0 Å². The molecule has 2 aliphatic heterocycles. The molecule has 0 radical (unpaired) electrons. The number of fused-ring (bicyclic) bond motifs is 5. The first-order valence-electron chi connectivity index (χ1n) is 23.9. The summed E-state index contributed by atoms with van der Waals surface area (Å²) in [6.07, 6.45) is -6.94. The van der Waals surface area contributed by atoms with Crippen LogP contribution in [0.2, 0.25) is 0 Å². The Morgan fingerprint density at radius 1 is 0.941 bits per heavy atom. The molecule has 5 aliphatic rings. The Bertz CT molecular complexity index is 2220. The summed E-state index contributed by atoms with van der Waals surface area (Å²) in [5.41, 5.74) is -7.72. The predicted octanol–water partition coefficient (Wildman–Crippen LogP) is 4.20. The highest BCUT2D eigenvalue weighted by atomic mass is 16.6. The zero-order chi connectivity index (χ0) is 49.3. The number of esters is 3. The highest BCUT2D eigenvalue weighted by Crippen LogP contribution is 2.64. The van der Waals surface area contributed by atoms with Crippen molar-refractivity contribution in [1.82, 2.24) is 15.1 Å². The molecule has 4 fully saturated rings. The largest absolute Gasteiger partial charge is 0.467 e. The Morgan fingerprint density at radius 2 is 1.65 bits per heavy atom. The van der Waals surface area contributed by atoms with E-state index in [1.807, 2.05) is 6.92 Å². The van der Waals surface area contributed by atoms with Gasteiger partial charge in [0.1, 0.15) is 35.7 Å². The standard InChI is InChI=1S/C50H67N3O15/c1-8-10-12-19-36(56)51-38(32-18-15-25-63-32)39(57)45(60)65-33-27-50(62)43(67-44(59)31-16-13-11-14-17-31)41-48(7,34(55)26-35-49(41,28-64-35)68-30(4)54)42(58)40(37(29(33)3)47(50,5)6)66-46(61)53-23-21-52(20-9-2)22-24-53/h11,13-18,25,33-35,38-41,43,55,57,62H,8-10,12,19-24,26-28H2,1-7H3,(H,51,56)/t33-,34-,35+,38+,39+,40+,41?,43-,48+,49-,50+/m0/s1. The van der Waals surface area contributed by atoms with E-state index in [2.05, 4.69) is 17.1 Å². The third-order valence-electron chi connectivity index (χ3n) is 15.3. The van der Waals surface area contributed by atoms with Crippen LogP contribution >= 0.6 is 0 Å². The number of amides is 2. The van der Waals surface area contributed by atoms with E-state index in [4.69, 9.17) is 28.1 Å². The number of rotatable bonds is 15. The average Bonchev–Trinajstić information content (AvgIpc) is 3.84. The molecule has 2 saturated heterocycles. The molecule has 68 heavy (non-hydrogen) atoms. The van der Waals surface area contributed by atoms with Crippen LogP contribution in [0.4, 0.5) is 4.79 Å². The molecule has 1 unspecified atom stereocenters. The van der Waals surface area contributed by atoms with Crippen LogP contribution in [0.15, 0.2) is 64.3 Å². The molecule has 1 aromatic carbocycles. The highest BCUT2D eigenvalue weighted by molar-refractivity contribution is 5.95. The average molecular weight is 950 g/mol. The SMILES string of the molecule is CCCCCC(=O)N[C@H](c1ccco1)[C@@H](O)C(=O)O[C@H]1C[C@@]2(O)[C@@H](OC(=O)c3ccccc3)C3[C@](C)(C(=O)[C@H](OC(=O)N4CCN(CCC)CC4)C(=C1C)C2(C)C)[C@@H](O)C[C@H]1OC[C@@]31OC(C)=O. The highest BCUT2D eigenvalue weighted by Gasteiger charge is 2.78. The van der Waals surface area contributed by atoms with Crippen LogP contribution in [0.25, 0.3) is 0 Å². The first kappa shape index (κ1) is 50.7. The number of aliphatic hydroxyl groups is 3. The second-order valence-electron chi connectivity index (χ2n) is 19.7. The summed E-state index contributed by atoms with van der Waals surface area (Å²) in [6.45, 7) is 13.6. The number of aliphatic hydroxyl groups excluding tert-OH is 2. The minimum atomic E-state index is -2.41. The fourth-order valence-corrected chi connectivity index (χ4v) is 11.4. The van der Waals surface area contributed by atoms with Crippen molar-refractivity contribution in [2.24, 2.45) is 16.7 Å². The Labute approximate surface area is 396 Å². The zero-order valence-electron chi connectivity index (χ0n) is 40.1. The van der Waals surface area contributed by atoms with E-state index in [9.17, 15) is 39.3 Å². The van der Waals surface area contributed by atoms with E-state index in [0.717, 1.165) is 25.8 Å². The van der Waals surface area contributed by atoms with Gasteiger partial charge >= 0.3 is 24.0 Å². The quantitative estimate of drug-likeness (QED) is 0.0847. The molecule has 2 aromatic rings. The Kier molecular flexibility index (Phi) is 15.0. The lowest BCUT2D eigenvalue weighted by atomic mass is 9.44. The van der Waals surface area contributed by atoms with Crippen LogP contribution in [0.3, 0.4) is 0 Å². The van der Waals surface area contributed by atoms with Gasteiger partial charge in [0.15, 0.2) is 23.6 Å². The van der Waals surface area contributed by atoms with Crippen molar-refractivity contribution in [1.29, 1.82) is 0 Å². The molecule has 3 aliphatic carbocycles. The third-order valence-corrected chi connectivity index (χ3v) is 15.3. The van der Waals surface area contributed by atoms with Gasteiger partial charge in [-0.15, -0.1) is 0 Å². The van der Waals surface area contributed by atoms with Crippen molar-refractivity contribution in [3.63, 3.8) is 0 Å². The number of benzene rings is 1. The van der Waals surface area contributed by atoms with E-state index >= 15 is 4.79 Å². The maximum absolute atomic E-state index is 16.0. The number of piperazine rings is 1. The smallest absolute Gasteiger partial charge is 0.410 e. The number of carbonyl (C=O) groups is 6. The van der Waals surface area contributed by atoms with Crippen molar-refractivity contribution in [2.45, 2.75) is 147 Å². The van der Waals surface area contributed by atoms with Crippen LogP contribution in [-0.4, -0.2) is 148 Å². The number of ketones is 1. The first-order chi connectivity index (χ1) is 32.2. The normalized spacial score (nSPS) is 31.9. The lowest BCUT2D eigenvalue weighted by Crippen LogP contribution is -2.82. The number of hydrogen-bond donors (Lipinski definition) is 4. The molecule has 18 nitrogen and oxygen atoms in total. The zero-order valence-corrected chi connectivity index (χ0v) is 40.1. The Balaban J connectivity index is 1.38. The van der Waals surface area contributed by atoms with Gasteiger partial charge in [0.05, 0.1) is 35.9 Å². The first-order valence-corrected chi connectivity index (χ1v) is 23.9. The van der Waals surface area contributed by atoms with E-state index in [0.29, 0.717) is 19.5 Å². The molecule has 1 aromatic heterocycles. The number of ether oxygens (including phenoxy) is 5. The molecule has 2 bridgehead atoms. The van der Waals surface area contributed by atoms with E-state index in [-0.39, 0.29) is 55.0 Å². The van der Waals surface area contributed by atoms with Gasteiger partial charge in [-0.3, -0.25) is 19.3 Å². The summed E-state index contributed by atoms with van der Waals surface area (Å²) < 4.78 is 36.7. The number of carbonyl (C=O) groups excluding carboxylic acids is 6. The van der Waals surface area contributed by atoms with Gasteiger partial charge in [-0.25, -0.2) is 14.4 Å². The monoisotopic (exact) mass is 949 g/mol. The third kappa shape index (κ3) is 9.09. The summed E-state index contributed by atoms with van der Waals surface area (Å²) in [6, 6.07) is 9.52. The van der Waals surface area contributed by atoms with E-state index < -0.39 is 113 Å². The lowest BCUT2D eigenvalue weighted by Gasteiger charge is -2.67. The van der Waals surface area contributed by atoms with Crippen molar-refractivity contribution < 1.29 is 72.2 Å². The number of Topliss-reactive ketones (excluding diaryl/α,β-unsaturated/α-hetero) is 1. The number of furan rings is 1. The number of nitrogens with zero attached hydrogens (tertiary/aromatic N) is 2. The van der Waals surface area contributed by atoms with Gasteiger partial charge in [0, 0.05) is 57.8 Å². The molecule has 3 heterocycles. The number of nitrogens with one attached hydrogen (secondary N) is 1. The molecule has 11 atom stereocenters. The summed E-state index contributed by atoms with van der Waals surface area (Å²) in [5, 5.41) is 40.7. The van der Waals surface area contributed by atoms with Crippen molar-refractivity contribution in [2.75, 3.05) is 39.3 Å². The fraction of sp³-hybridized carbons (Fsp3) is 0.640. The van der Waals surface area contributed by atoms with E-state index in [1.165, 1.54) is 49.3 Å². The molecular formula is C50H67N3O15. The van der Waals surface area contributed by atoms with Crippen molar-refractivity contribution >= 4 is 35.7 Å². The van der Waals surface area contributed by atoms with Crippen LogP contribution in [0.1, 0.15) is 116 Å². The Hall–Kier alpha value is -5.14. The van der Waals surface area contributed by atoms with Crippen LogP contribution in [-0.2, 0) is 42.9 Å². The summed E-state index contributed by atoms with van der Waals surface area (Å²) in [5.74, 6) is -5.75. The van der Waals surface area contributed by atoms with Crippen LogP contribution in [0, 0.1) is 16.7 Å². The van der Waals surface area contributed by atoms with Crippen LogP contribution < -0.4 is 5.32 Å². The van der Waals surface area contributed by atoms with Gasteiger partial charge in [-0.1, -0.05) is 58.7 Å². The maximum atomic E-state index is 16.0. The summed E-state index contributed by atoms with van der Waals surface area (Å²) in [7, 11) is 0. The second-order valence-corrected chi connectivity index (χ2v) is 19.7. The molecule has 2 amide bonds. The summed E-state index contributed by atoms with van der Waals surface area (Å²) >= 11 is 0. The molecule has 18 heteroatoms. The number of hydrogen-bond acceptors (Lipinski definition) is 16. The van der Waals surface area contributed by atoms with E-state index in [1.54, 1.807) is 39.0 Å². The van der Waals surface area contributed by atoms with Crippen molar-refractivity contribution in [3.8, 4) is 0 Å². The molecule has 0 spiro atoms. The predicted molar refractivity (Wildman–Crippen MR) is 241 cm³/mol. The molecule has 7 rings (SSSR count). The van der Waals surface area contributed by atoms with Gasteiger partial charge in [-0.05, 0) is 68.6 Å². The maximum Gasteiger partial charge on any atom is 0.410 e. The van der Waals surface area contributed by atoms with Gasteiger partial charge in [0.25, 0.3) is 0 Å². The minimum Gasteiger partial charge on any atom is -0.467 e. The van der Waals surface area contributed by atoms with Crippen LogP contribution in [0.5, 0.6) is 0 Å². The van der Waals surface area contributed by atoms with Gasteiger partial charge < -0.3 is 53.6 Å². The number of unbranched alkanes of at least 4 members (excludes halogenated alkanes) is 2. The fourth-order valence-electron chi connectivity index (χ4n) is 11.4. The Morgan fingerprint density at radius 3 is 2.25 bits per heavy atom. The summed E-state index contributed by atoms with van der Waals surface area (Å²) in [4.78, 5) is 89.3. The topological polar surface area (TPSA) is 241 Å². The molecule has 372 valence electrons. The minimum absolute atomic E-state index is 0.00877. The lowest BCUT2D eigenvalue weighted by molar-refractivity contribution is -0.345. The molecule has 2 saturated carbocycles.